The zero-order chi connectivity index (χ0) is 37.3. The summed E-state index contributed by atoms with van der Waals surface area (Å²) in [4.78, 5) is 32.4. The molecule has 3 N–H and O–H groups in total. The highest BCUT2D eigenvalue weighted by molar-refractivity contribution is 7.85. The van der Waals surface area contributed by atoms with Crippen molar-refractivity contribution < 1.29 is 28.4 Å². The van der Waals surface area contributed by atoms with Gasteiger partial charge in [0.2, 0.25) is 5.91 Å². The largest absolute Gasteiger partial charge is 0.469 e. The van der Waals surface area contributed by atoms with Crippen molar-refractivity contribution >= 4 is 49.3 Å². The number of nitrogens with zero attached hydrogens (tertiary/aromatic N) is 2. The van der Waals surface area contributed by atoms with E-state index in [4.69, 9.17) is 20.3 Å². The zero-order valence-electron chi connectivity index (χ0n) is 30.4. The molecule has 11 heteroatoms. The van der Waals surface area contributed by atoms with Gasteiger partial charge in [-0.2, -0.15) is 0 Å². The predicted octanol–water partition coefficient (Wildman–Crippen LogP) is 6.52. The van der Waals surface area contributed by atoms with Crippen LogP contribution in [0.1, 0.15) is 55.2 Å². The maximum atomic E-state index is 13.6. The number of hydrogen-bond acceptors (Lipinski definition) is 8. The van der Waals surface area contributed by atoms with E-state index in [1.54, 1.807) is 18.0 Å². The number of aliphatic hydroxyl groups excluding tert-OH is 1. The molecule has 3 unspecified atom stereocenters. The number of carbonyl (C=O) groups excluding carboxylic acids is 2. The Kier molecular flexibility index (Phi) is 14.3. The minimum absolute atomic E-state index is 0.0544. The van der Waals surface area contributed by atoms with Crippen molar-refractivity contribution in [2.45, 2.75) is 62.9 Å². The Labute approximate surface area is 307 Å². The number of carbonyl (C=O) groups is 2. The van der Waals surface area contributed by atoms with Crippen molar-refractivity contribution in [2.75, 3.05) is 38.6 Å². The van der Waals surface area contributed by atoms with Crippen LogP contribution in [0.2, 0.25) is 0 Å². The zero-order valence-corrected chi connectivity index (χ0v) is 32.4. The molecule has 0 radical (unpaired) electrons. The number of fused-ring (bicyclic) bond motifs is 4. The summed E-state index contributed by atoms with van der Waals surface area (Å²) >= 11 is 0. The Morgan fingerprint density at radius 2 is 1.71 bits per heavy atom. The number of anilines is 1. The van der Waals surface area contributed by atoms with E-state index in [2.05, 4.69) is 64.1 Å². The Bertz CT molecular complexity index is 1740. The number of ether oxygens (including phenoxy) is 2. The Balaban J connectivity index is 0.00000141. The normalized spacial score (nSPS) is 23.8. The van der Waals surface area contributed by atoms with E-state index in [0.29, 0.717) is 46.1 Å². The second kappa shape index (κ2) is 18.2. The molecular formula is C40H52N3O6PS. The molecule has 0 saturated heterocycles. The van der Waals surface area contributed by atoms with Crippen LogP contribution in [-0.4, -0.2) is 66.8 Å². The highest BCUT2D eigenvalue weighted by Gasteiger charge is 2.52. The Hall–Kier alpha value is -3.69. The third kappa shape index (κ3) is 9.22. The molecule has 2 bridgehead atoms. The first-order valence-corrected chi connectivity index (χ1v) is 19.8. The van der Waals surface area contributed by atoms with E-state index < -0.39 is 16.8 Å². The van der Waals surface area contributed by atoms with Crippen LogP contribution in [0.5, 0.6) is 0 Å². The van der Waals surface area contributed by atoms with Gasteiger partial charge in [-0.25, -0.2) is 0 Å². The lowest BCUT2D eigenvalue weighted by atomic mass is 9.60. The Morgan fingerprint density at radius 3 is 2.31 bits per heavy atom. The molecule has 274 valence electrons. The average molecular weight is 734 g/mol. The first-order chi connectivity index (χ1) is 24.6. The average Bonchev–Trinajstić information content (AvgIpc) is 3.47. The number of aliphatic imine (C=N–C) groups is 1. The van der Waals surface area contributed by atoms with Crippen molar-refractivity contribution in [1.29, 1.82) is 0 Å². The monoisotopic (exact) mass is 733 g/mol. The molecule has 1 aliphatic heterocycles. The molecule has 51 heavy (non-hydrogen) atoms. The van der Waals surface area contributed by atoms with Gasteiger partial charge < -0.3 is 25.2 Å². The molecule has 1 heterocycles. The summed E-state index contributed by atoms with van der Waals surface area (Å²) in [5, 5.41) is 7.00. The summed E-state index contributed by atoms with van der Waals surface area (Å²) in [6.45, 7) is 8.51. The first-order valence-electron chi connectivity index (χ1n) is 17.3. The summed E-state index contributed by atoms with van der Waals surface area (Å²) in [6, 6.07) is 21.1. The number of benzene rings is 3. The first kappa shape index (κ1) is 40.1. The minimum Gasteiger partial charge on any atom is -0.469 e. The van der Waals surface area contributed by atoms with E-state index >= 15 is 0 Å². The predicted molar refractivity (Wildman–Crippen MR) is 210 cm³/mol. The molecule has 4 atom stereocenters. The van der Waals surface area contributed by atoms with Crippen molar-refractivity contribution in [2.24, 2.45) is 28.0 Å². The number of amides is 1. The molecule has 9 nitrogen and oxygen atoms in total. The van der Waals surface area contributed by atoms with Gasteiger partial charge in [-0.05, 0) is 85.8 Å². The molecule has 3 aromatic carbocycles. The lowest BCUT2D eigenvalue weighted by Crippen LogP contribution is -2.44. The van der Waals surface area contributed by atoms with Crippen molar-refractivity contribution in [3.63, 3.8) is 0 Å². The number of esters is 1. The van der Waals surface area contributed by atoms with Gasteiger partial charge in [0.15, 0.2) is 5.90 Å². The molecule has 0 spiro atoms. The van der Waals surface area contributed by atoms with Crippen molar-refractivity contribution in [1.82, 2.24) is 0 Å². The van der Waals surface area contributed by atoms with Gasteiger partial charge in [0.1, 0.15) is 5.76 Å². The molecule has 3 saturated carbocycles. The van der Waals surface area contributed by atoms with Gasteiger partial charge in [0.05, 0.1) is 46.8 Å². The summed E-state index contributed by atoms with van der Waals surface area (Å²) in [6.07, 6.45) is 5.19. The molecule has 7 rings (SSSR count). The van der Waals surface area contributed by atoms with Gasteiger partial charge in [0, 0.05) is 31.6 Å². The van der Waals surface area contributed by atoms with Gasteiger partial charge >= 0.3 is 5.97 Å². The topological polar surface area (TPSA) is 132 Å². The van der Waals surface area contributed by atoms with Gasteiger partial charge in [0.25, 0.3) is 0 Å². The SMILES string of the molecule is C=C(OC(=NC)C12CCC(CC(=O)OC)CC(C1)C2)c1ccc2c(c1)N(Cc1ccc(-c3ccc(C)cc3)cc1)C(=O)[C@@H](N)CS2=O.CO.CP. The number of nitrogens with two attached hydrogens (primary N) is 1. The fourth-order valence-electron chi connectivity index (χ4n) is 7.47. The van der Waals surface area contributed by atoms with Crippen LogP contribution in [0.25, 0.3) is 16.9 Å². The number of aliphatic hydroxyl groups is 1. The fraction of sp³-hybridized carbons (Fsp3) is 0.425. The van der Waals surface area contributed by atoms with Crippen LogP contribution in [0.3, 0.4) is 0 Å². The smallest absolute Gasteiger partial charge is 0.305 e. The Morgan fingerprint density at radius 1 is 1.08 bits per heavy atom. The van der Waals surface area contributed by atoms with E-state index in [9.17, 15) is 13.8 Å². The standard InChI is InChI=1S/C38H43N3O5S.CH4O.CH5P/c1-24-5-9-29(10-6-24)30-11-7-26(8-12-30)22-41-33-19-31(13-14-34(33)47(44)23-32(39)36(41)43)25(2)46-37(40-3)38-16-15-27(18-35(42)45-4)17-28(20-38)21-38;2*1-2/h5-14,19,27-28,32H,2,15-18,20-23,39H2,1,3-4H3;2H,1H3;2H2,1H3/t27?,28?,32-,38?,47?;;/m0../s1. The van der Waals surface area contributed by atoms with Gasteiger partial charge in [-0.15, -0.1) is 9.24 Å². The number of aryl methyl sites for hydroxylation is 1. The summed E-state index contributed by atoms with van der Waals surface area (Å²) in [7, 11) is 5.14. The van der Waals surface area contributed by atoms with Crippen LogP contribution in [0.4, 0.5) is 5.69 Å². The highest BCUT2D eigenvalue weighted by Crippen LogP contribution is 2.57. The highest BCUT2D eigenvalue weighted by atomic mass is 32.2. The van der Waals surface area contributed by atoms with E-state index in [-0.39, 0.29) is 29.6 Å². The lowest BCUT2D eigenvalue weighted by Gasteiger charge is -2.46. The quantitative estimate of drug-likeness (QED) is 0.0887. The van der Waals surface area contributed by atoms with Gasteiger partial charge in [-0.1, -0.05) is 67.3 Å². The van der Waals surface area contributed by atoms with E-state index in [1.807, 2.05) is 30.9 Å². The molecule has 3 aliphatic carbocycles. The molecule has 4 aliphatic rings. The fourth-order valence-corrected chi connectivity index (χ4v) is 8.74. The number of rotatable bonds is 8. The van der Waals surface area contributed by atoms with Crippen LogP contribution in [0.15, 0.2) is 83.2 Å². The van der Waals surface area contributed by atoms with Crippen molar-refractivity contribution in [3.05, 3.63) is 90.0 Å². The molecule has 1 amide bonds. The number of methoxy groups -OCH3 is 1. The van der Waals surface area contributed by atoms with E-state index in [0.717, 1.165) is 55.9 Å². The third-order valence-corrected chi connectivity index (χ3v) is 11.5. The molecule has 3 fully saturated rings. The van der Waals surface area contributed by atoms with Crippen LogP contribution >= 0.6 is 9.24 Å². The van der Waals surface area contributed by atoms with E-state index in [1.165, 1.54) is 12.7 Å². The maximum Gasteiger partial charge on any atom is 0.305 e. The second-order valence-corrected chi connectivity index (χ2v) is 14.8. The second-order valence-electron chi connectivity index (χ2n) is 13.3. The van der Waals surface area contributed by atoms with Crippen LogP contribution in [-0.2, 0) is 36.4 Å². The molecule has 3 aromatic rings. The lowest BCUT2D eigenvalue weighted by molar-refractivity contribution is -0.141. The molecular weight excluding hydrogens is 681 g/mol. The summed E-state index contributed by atoms with van der Waals surface area (Å²) < 4.78 is 24.7. The van der Waals surface area contributed by atoms with Gasteiger partial charge in [-0.3, -0.25) is 18.8 Å². The summed E-state index contributed by atoms with van der Waals surface area (Å²) in [5.74, 6) is 1.51. The van der Waals surface area contributed by atoms with Crippen LogP contribution < -0.4 is 10.6 Å². The van der Waals surface area contributed by atoms with Crippen LogP contribution in [0, 0.1) is 24.2 Å². The third-order valence-electron chi connectivity index (χ3n) is 10.0. The maximum absolute atomic E-state index is 13.6. The minimum atomic E-state index is -1.46. The summed E-state index contributed by atoms with van der Waals surface area (Å²) in [5.41, 5.74) is 11.7. The molecule has 0 aromatic heterocycles. The number of hydrogen-bond donors (Lipinski definition) is 2. The van der Waals surface area contributed by atoms with Crippen molar-refractivity contribution in [3.8, 4) is 11.1 Å².